The largest absolute Gasteiger partial charge is 0.416 e. The molecular formula is C8H5F3N4O. The zero-order chi connectivity index (χ0) is 11.8. The van der Waals surface area contributed by atoms with Crippen LogP contribution in [0.25, 0.3) is 5.69 Å². The van der Waals surface area contributed by atoms with Crippen LogP contribution < -0.4 is 5.69 Å². The highest BCUT2D eigenvalue weighted by Crippen LogP contribution is 2.29. The number of tetrazole rings is 1. The minimum Gasteiger partial charge on any atom is -0.244 e. The first kappa shape index (κ1) is 10.4. The van der Waals surface area contributed by atoms with Crippen LogP contribution in [0.15, 0.2) is 29.1 Å². The molecule has 2 rings (SSSR count). The third-order valence-corrected chi connectivity index (χ3v) is 1.91. The molecule has 0 saturated carbocycles. The zero-order valence-electron chi connectivity index (χ0n) is 7.69. The lowest BCUT2D eigenvalue weighted by Crippen LogP contribution is -2.16. The topological polar surface area (TPSA) is 63.6 Å². The van der Waals surface area contributed by atoms with Crippen molar-refractivity contribution < 1.29 is 13.2 Å². The number of nitrogens with one attached hydrogen (secondary N) is 1. The van der Waals surface area contributed by atoms with Gasteiger partial charge in [0.05, 0.1) is 11.3 Å². The van der Waals surface area contributed by atoms with Gasteiger partial charge in [-0.15, -0.1) is 0 Å². The standard InChI is InChI=1S/C8H5F3N4O/c9-8(10,11)5-1-3-6(4-2-5)15-7(16)12-13-14-15/h1-4H,(H,12,14,16). The van der Waals surface area contributed by atoms with Gasteiger partial charge in [-0.1, -0.05) is 0 Å². The van der Waals surface area contributed by atoms with E-state index in [0.717, 1.165) is 28.9 Å². The lowest BCUT2D eigenvalue weighted by molar-refractivity contribution is -0.137. The Labute approximate surface area is 86.5 Å². The fourth-order valence-electron chi connectivity index (χ4n) is 1.16. The van der Waals surface area contributed by atoms with Gasteiger partial charge in [-0.05, 0) is 34.7 Å². The van der Waals surface area contributed by atoms with Crippen LogP contribution in [-0.2, 0) is 6.18 Å². The van der Waals surface area contributed by atoms with E-state index in [9.17, 15) is 18.0 Å². The molecule has 0 fully saturated rings. The van der Waals surface area contributed by atoms with E-state index in [2.05, 4.69) is 10.4 Å². The first-order valence-corrected chi connectivity index (χ1v) is 4.16. The molecule has 2 aromatic rings. The molecule has 8 heteroatoms. The van der Waals surface area contributed by atoms with E-state index in [1.807, 2.05) is 5.10 Å². The molecule has 84 valence electrons. The Bertz CT molecular complexity index is 539. The highest BCUT2D eigenvalue weighted by Gasteiger charge is 2.30. The molecule has 16 heavy (non-hydrogen) atoms. The summed E-state index contributed by atoms with van der Waals surface area (Å²) in [4.78, 5) is 11.1. The molecule has 1 aromatic carbocycles. The van der Waals surface area contributed by atoms with Gasteiger partial charge in [0.15, 0.2) is 0 Å². The molecule has 0 bridgehead atoms. The first-order valence-electron chi connectivity index (χ1n) is 4.16. The number of hydrogen-bond donors (Lipinski definition) is 1. The van der Waals surface area contributed by atoms with E-state index in [1.165, 1.54) is 0 Å². The van der Waals surface area contributed by atoms with E-state index in [-0.39, 0.29) is 5.69 Å². The molecule has 1 N–H and O–H groups in total. The second-order valence-electron chi connectivity index (χ2n) is 2.96. The number of aromatic amines is 1. The summed E-state index contributed by atoms with van der Waals surface area (Å²) < 4.78 is 37.6. The Morgan fingerprint density at radius 1 is 1.19 bits per heavy atom. The van der Waals surface area contributed by atoms with Crippen molar-refractivity contribution in [3.63, 3.8) is 0 Å². The molecule has 5 nitrogen and oxygen atoms in total. The van der Waals surface area contributed by atoms with Crippen LogP contribution in [0, 0.1) is 0 Å². The third-order valence-electron chi connectivity index (χ3n) is 1.91. The molecule has 0 spiro atoms. The van der Waals surface area contributed by atoms with Crippen molar-refractivity contribution in [1.29, 1.82) is 0 Å². The predicted molar refractivity (Wildman–Crippen MR) is 47.0 cm³/mol. The molecule has 1 aromatic heterocycles. The molecule has 0 radical (unpaired) electrons. The Kier molecular flexibility index (Phi) is 2.26. The van der Waals surface area contributed by atoms with E-state index in [1.54, 1.807) is 0 Å². The fourth-order valence-corrected chi connectivity index (χ4v) is 1.16. The third kappa shape index (κ3) is 1.81. The molecular weight excluding hydrogens is 225 g/mol. The highest BCUT2D eigenvalue weighted by atomic mass is 19.4. The van der Waals surface area contributed by atoms with E-state index in [4.69, 9.17) is 0 Å². The number of H-pyrrole nitrogens is 1. The van der Waals surface area contributed by atoms with Crippen LogP contribution >= 0.6 is 0 Å². The molecule has 0 aliphatic carbocycles. The average molecular weight is 230 g/mol. The Hall–Kier alpha value is -2.12. The summed E-state index contributed by atoms with van der Waals surface area (Å²) in [5.74, 6) is 0. The van der Waals surface area contributed by atoms with Crippen molar-refractivity contribution in [3.05, 3.63) is 40.3 Å². The number of rotatable bonds is 1. The summed E-state index contributed by atoms with van der Waals surface area (Å²) in [6, 6.07) is 4.03. The average Bonchev–Trinajstić information content (AvgIpc) is 2.63. The van der Waals surface area contributed by atoms with Crippen LogP contribution in [-0.4, -0.2) is 20.2 Å². The monoisotopic (exact) mass is 230 g/mol. The van der Waals surface area contributed by atoms with Crippen LogP contribution in [0.2, 0.25) is 0 Å². The van der Waals surface area contributed by atoms with Crippen molar-refractivity contribution in [2.45, 2.75) is 6.18 Å². The van der Waals surface area contributed by atoms with Gasteiger partial charge in [-0.25, -0.2) is 9.89 Å². The molecule has 0 aliphatic heterocycles. The Morgan fingerprint density at radius 3 is 2.25 bits per heavy atom. The van der Waals surface area contributed by atoms with Crippen molar-refractivity contribution in [1.82, 2.24) is 20.2 Å². The van der Waals surface area contributed by atoms with Crippen molar-refractivity contribution in [2.75, 3.05) is 0 Å². The summed E-state index contributed by atoms with van der Waals surface area (Å²) in [6.07, 6.45) is -4.40. The Balaban J connectivity index is 2.41. The number of alkyl halides is 3. The van der Waals surface area contributed by atoms with Crippen LogP contribution in [0.4, 0.5) is 13.2 Å². The van der Waals surface area contributed by atoms with Crippen molar-refractivity contribution in [2.24, 2.45) is 0 Å². The first-order chi connectivity index (χ1) is 7.48. The summed E-state index contributed by atoms with van der Waals surface area (Å²) in [6.45, 7) is 0. The number of hydrogen-bond acceptors (Lipinski definition) is 3. The number of aromatic nitrogens is 4. The predicted octanol–water partition coefficient (Wildman–Crippen LogP) is 0.974. The van der Waals surface area contributed by atoms with E-state index in [0.29, 0.717) is 0 Å². The SMILES string of the molecule is O=c1[nH]nnn1-c1ccc(C(F)(F)F)cc1. The van der Waals surface area contributed by atoms with Crippen LogP contribution in [0.5, 0.6) is 0 Å². The summed E-state index contributed by atoms with van der Waals surface area (Å²) in [5, 5.41) is 8.65. The maximum Gasteiger partial charge on any atom is 0.416 e. The van der Waals surface area contributed by atoms with Gasteiger partial charge < -0.3 is 0 Å². The van der Waals surface area contributed by atoms with Gasteiger partial charge in [-0.3, -0.25) is 0 Å². The second-order valence-corrected chi connectivity index (χ2v) is 2.96. The zero-order valence-corrected chi connectivity index (χ0v) is 7.69. The van der Waals surface area contributed by atoms with Crippen LogP contribution in [0.3, 0.4) is 0 Å². The smallest absolute Gasteiger partial charge is 0.244 e. The molecule has 1 heterocycles. The molecule has 0 aliphatic rings. The van der Waals surface area contributed by atoms with Crippen molar-refractivity contribution >= 4 is 0 Å². The van der Waals surface area contributed by atoms with Crippen molar-refractivity contribution in [3.8, 4) is 5.69 Å². The normalized spacial score (nSPS) is 11.7. The number of halogens is 3. The van der Waals surface area contributed by atoms with Gasteiger partial charge in [0.1, 0.15) is 0 Å². The van der Waals surface area contributed by atoms with E-state index < -0.39 is 17.4 Å². The van der Waals surface area contributed by atoms with Gasteiger partial charge >= 0.3 is 11.9 Å². The number of benzene rings is 1. The quantitative estimate of drug-likeness (QED) is 0.794. The van der Waals surface area contributed by atoms with E-state index >= 15 is 0 Å². The lowest BCUT2D eigenvalue weighted by atomic mass is 10.2. The van der Waals surface area contributed by atoms with Gasteiger partial charge in [0, 0.05) is 0 Å². The molecule has 0 amide bonds. The lowest BCUT2D eigenvalue weighted by Gasteiger charge is -2.06. The Morgan fingerprint density at radius 2 is 1.81 bits per heavy atom. The fraction of sp³-hybridized carbons (Fsp3) is 0.125. The van der Waals surface area contributed by atoms with Crippen LogP contribution in [0.1, 0.15) is 5.56 Å². The minimum absolute atomic E-state index is 0.215. The maximum absolute atomic E-state index is 12.2. The van der Waals surface area contributed by atoms with Gasteiger partial charge in [0.2, 0.25) is 0 Å². The molecule has 0 unspecified atom stereocenters. The summed E-state index contributed by atoms with van der Waals surface area (Å²) >= 11 is 0. The number of nitrogens with zero attached hydrogens (tertiary/aromatic N) is 3. The second kappa shape index (κ2) is 3.47. The summed E-state index contributed by atoms with van der Waals surface area (Å²) in [5.41, 5.74) is -1.18. The van der Waals surface area contributed by atoms with Gasteiger partial charge in [-0.2, -0.15) is 17.9 Å². The molecule has 0 atom stereocenters. The highest BCUT2D eigenvalue weighted by molar-refractivity contribution is 5.34. The summed E-state index contributed by atoms with van der Waals surface area (Å²) in [7, 11) is 0. The van der Waals surface area contributed by atoms with Gasteiger partial charge in [0.25, 0.3) is 0 Å². The maximum atomic E-state index is 12.2. The molecule has 0 saturated heterocycles. The minimum atomic E-state index is -4.40.